The highest BCUT2D eigenvalue weighted by atomic mass is 19.1. The lowest BCUT2D eigenvalue weighted by Gasteiger charge is -2.12. The summed E-state index contributed by atoms with van der Waals surface area (Å²) >= 11 is 0. The standard InChI is InChI=1S/C18H18F2N2O3/c1-2-25-11-10-15(23)22-17-13(19)8-9-14(16(17)20)21-18(24)12-6-4-3-5-7-12/h3-9H,2,10-11H2,1H3,(H,21,24)(H,22,23). The van der Waals surface area contributed by atoms with Crippen LogP contribution in [0.1, 0.15) is 23.7 Å². The molecule has 0 aliphatic rings. The third-order valence-electron chi connectivity index (χ3n) is 3.32. The van der Waals surface area contributed by atoms with E-state index in [1.54, 1.807) is 37.3 Å². The first-order chi connectivity index (χ1) is 12.0. The predicted octanol–water partition coefficient (Wildman–Crippen LogP) is 3.58. The average molecular weight is 348 g/mol. The van der Waals surface area contributed by atoms with Gasteiger partial charge in [0.1, 0.15) is 11.5 Å². The van der Waals surface area contributed by atoms with Gasteiger partial charge in [-0.1, -0.05) is 18.2 Å². The zero-order valence-electron chi connectivity index (χ0n) is 13.6. The van der Waals surface area contributed by atoms with Crippen molar-refractivity contribution >= 4 is 23.2 Å². The fourth-order valence-electron chi connectivity index (χ4n) is 2.06. The fraction of sp³-hybridized carbons (Fsp3) is 0.222. The monoisotopic (exact) mass is 348 g/mol. The van der Waals surface area contributed by atoms with Crippen molar-refractivity contribution in [2.45, 2.75) is 13.3 Å². The fourth-order valence-corrected chi connectivity index (χ4v) is 2.06. The van der Waals surface area contributed by atoms with E-state index >= 15 is 0 Å². The molecule has 0 aromatic heterocycles. The number of rotatable bonds is 7. The highest BCUT2D eigenvalue weighted by Crippen LogP contribution is 2.26. The van der Waals surface area contributed by atoms with Crippen molar-refractivity contribution in [1.82, 2.24) is 0 Å². The Morgan fingerprint density at radius 3 is 2.44 bits per heavy atom. The Kier molecular flexibility index (Phi) is 6.59. The number of carbonyl (C=O) groups excluding carboxylic acids is 2. The zero-order valence-corrected chi connectivity index (χ0v) is 13.6. The Morgan fingerprint density at radius 2 is 1.76 bits per heavy atom. The quantitative estimate of drug-likeness (QED) is 0.752. The Labute approximate surface area is 144 Å². The number of anilines is 2. The summed E-state index contributed by atoms with van der Waals surface area (Å²) in [4.78, 5) is 23.8. The number of amides is 2. The topological polar surface area (TPSA) is 67.4 Å². The minimum Gasteiger partial charge on any atom is -0.381 e. The molecule has 2 aromatic rings. The maximum absolute atomic E-state index is 14.5. The van der Waals surface area contributed by atoms with Crippen LogP contribution in [0.5, 0.6) is 0 Å². The summed E-state index contributed by atoms with van der Waals surface area (Å²) in [5.41, 5.74) is -0.503. The van der Waals surface area contributed by atoms with Crippen LogP contribution in [0.2, 0.25) is 0 Å². The molecule has 0 saturated heterocycles. The Hall–Kier alpha value is -2.80. The molecule has 0 fully saturated rings. The lowest BCUT2D eigenvalue weighted by molar-refractivity contribution is -0.117. The summed E-state index contributed by atoms with van der Waals surface area (Å²) in [6.07, 6.45) is -0.0344. The molecule has 7 heteroatoms. The molecular formula is C18H18F2N2O3. The Balaban J connectivity index is 2.13. The van der Waals surface area contributed by atoms with Crippen LogP contribution >= 0.6 is 0 Å². The van der Waals surface area contributed by atoms with Gasteiger partial charge in [0.05, 0.1) is 18.7 Å². The van der Waals surface area contributed by atoms with Crippen LogP contribution in [0, 0.1) is 11.6 Å². The minimum absolute atomic E-state index is 0.0344. The molecule has 0 spiro atoms. The van der Waals surface area contributed by atoms with Gasteiger partial charge in [0.25, 0.3) is 5.91 Å². The van der Waals surface area contributed by atoms with E-state index in [1.165, 1.54) is 0 Å². The van der Waals surface area contributed by atoms with Crippen molar-refractivity contribution in [1.29, 1.82) is 0 Å². The maximum atomic E-state index is 14.5. The van der Waals surface area contributed by atoms with E-state index < -0.39 is 29.1 Å². The number of hydrogen-bond donors (Lipinski definition) is 2. The molecule has 0 aliphatic heterocycles. The summed E-state index contributed by atoms with van der Waals surface area (Å²) in [7, 11) is 0. The molecule has 0 bridgehead atoms. The van der Waals surface area contributed by atoms with Crippen molar-refractivity contribution in [3.05, 3.63) is 59.7 Å². The third-order valence-corrected chi connectivity index (χ3v) is 3.32. The second kappa shape index (κ2) is 8.89. The van der Waals surface area contributed by atoms with Gasteiger partial charge in [0, 0.05) is 12.2 Å². The minimum atomic E-state index is -1.05. The number of benzene rings is 2. The maximum Gasteiger partial charge on any atom is 0.255 e. The number of carbonyl (C=O) groups is 2. The summed E-state index contributed by atoms with van der Waals surface area (Å²) in [6.45, 7) is 2.36. The van der Waals surface area contributed by atoms with Crippen molar-refractivity contribution in [2.75, 3.05) is 23.8 Å². The smallest absolute Gasteiger partial charge is 0.255 e. The first-order valence-corrected chi connectivity index (χ1v) is 7.75. The van der Waals surface area contributed by atoms with Crippen LogP contribution in [-0.4, -0.2) is 25.0 Å². The SMILES string of the molecule is CCOCCC(=O)Nc1c(F)ccc(NC(=O)c2ccccc2)c1F. The van der Waals surface area contributed by atoms with Crippen LogP contribution in [0.15, 0.2) is 42.5 Å². The summed E-state index contributed by atoms with van der Waals surface area (Å²) < 4.78 is 33.3. The van der Waals surface area contributed by atoms with Crippen molar-refractivity contribution in [3.63, 3.8) is 0 Å². The van der Waals surface area contributed by atoms with E-state index in [0.717, 1.165) is 12.1 Å². The van der Waals surface area contributed by atoms with Gasteiger partial charge in [-0.2, -0.15) is 0 Å². The Bertz CT molecular complexity index is 751. The largest absolute Gasteiger partial charge is 0.381 e. The van der Waals surface area contributed by atoms with E-state index in [9.17, 15) is 18.4 Å². The van der Waals surface area contributed by atoms with Gasteiger partial charge in [0.2, 0.25) is 5.91 Å². The molecule has 2 N–H and O–H groups in total. The van der Waals surface area contributed by atoms with Crippen LogP contribution in [0.25, 0.3) is 0 Å². The molecule has 0 radical (unpaired) electrons. The molecule has 25 heavy (non-hydrogen) atoms. The van der Waals surface area contributed by atoms with Crippen molar-refractivity contribution < 1.29 is 23.1 Å². The van der Waals surface area contributed by atoms with E-state index in [0.29, 0.717) is 12.2 Å². The molecule has 0 saturated carbocycles. The van der Waals surface area contributed by atoms with Crippen molar-refractivity contribution in [2.24, 2.45) is 0 Å². The third kappa shape index (κ3) is 5.09. The van der Waals surface area contributed by atoms with Gasteiger partial charge in [-0.05, 0) is 31.2 Å². The average Bonchev–Trinajstić information content (AvgIpc) is 2.62. The van der Waals surface area contributed by atoms with E-state index in [2.05, 4.69) is 10.6 Å². The number of hydrogen-bond acceptors (Lipinski definition) is 3. The molecule has 2 rings (SSSR count). The van der Waals surface area contributed by atoms with Gasteiger partial charge in [0.15, 0.2) is 5.82 Å². The molecular weight excluding hydrogens is 330 g/mol. The lowest BCUT2D eigenvalue weighted by atomic mass is 10.2. The summed E-state index contributed by atoms with van der Waals surface area (Å²) in [5.74, 6) is -3.11. The van der Waals surface area contributed by atoms with E-state index in [-0.39, 0.29) is 18.7 Å². The van der Waals surface area contributed by atoms with E-state index in [1.807, 2.05) is 0 Å². The van der Waals surface area contributed by atoms with Crippen molar-refractivity contribution in [3.8, 4) is 0 Å². The first kappa shape index (κ1) is 18.5. The molecule has 2 amide bonds. The normalized spacial score (nSPS) is 10.4. The second-order valence-electron chi connectivity index (χ2n) is 5.10. The predicted molar refractivity (Wildman–Crippen MR) is 90.5 cm³/mol. The van der Waals surface area contributed by atoms with Crippen LogP contribution in [-0.2, 0) is 9.53 Å². The van der Waals surface area contributed by atoms with Gasteiger partial charge in [-0.15, -0.1) is 0 Å². The summed E-state index contributed by atoms with van der Waals surface area (Å²) in [6, 6.07) is 10.3. The Morgan fingerprint density at radius 1 is 1.04 bits per heavy atom. The van der Waals surface area contributed by atoms with E-state index in [4.69, 9.17) is 4.74 Å². The molecule has 132 valence electrons. The molecule has 2 aromatic carbocycles. The van der Waals surface area contributed by atoms with Gasteiger partial charge >= 0.3 is 0 Å². The van der Waals surface area contributed by atoms with Crippen LogP contribution < -0.4 is 10.6 Å². The zero-order chi connectivity index (χ0) is 18.2. The number of ether oxygens (including phenoxy) is 1. The first-order valence-electron chi connectivity index (χ1n) is 7.75. The van der Waals surface area contributed by atoms with Gasteiger partial charge < -0.3 is 15.4 Å². The van der Waals surface area contributed by atoms with Crippen LogP contribution in [0.3, 0.4) is 0 Å². The molecule has 0 aliphatic carbocycles. The van der Waals surface area contributed by atoms with Gasteiger partial charge in [-0.25, -0.2) is 8.78 Å². The van der Waals surface area contributed by atoms with Gasteiger partial charge in [-0.3, -0.25) is 9.59 Å². The molecule has 0 atom stereocenters. The molecule has 5 nitrogen and oxygen atoms in total. The highest BCUT2D eigenvalue weighted by molar-refractivity contribution is 6.04. The summed E-state index contributed by atoms with van der Waals surface area (Å²) in [5, 5.41) is 4.53. The highest BCUT2D eigenvalue weighted by Gasteiger charge is 2.18. The number of halogens is 2. The van der Waals surface area contributed by atoms with Crippen LogP contribution in [0.4, 0.5) is 20.2 Å². The molecule has 0 unspecified atom stereocenters. The number of nitrogens with one attached hydrogen (secondary N) is 2. The lowest BCUT2D eigenvalue weighted by Crippen LogP contribution is -2.18. The molecule has 0 heterocycles. The second-order valence-corrected chi connectivity index (χ2v) is 5.10.